The molecule has 0 saturated heterocycles. The lowest BCUT2D eigenvalue weighted by atomic mass is 10.1. The monoisotopic (exact) mass is 343 g/mol. The van der Waals surface area contributed by atoms with Crippen molar-refractivity contribution in [1.82, 2.24) is 25.0 Å². The molecule has 3 aromatic heterocycles. The van der Waals surface area contributed by atoms with Gasteiger partial charge in [-0.25, -0.2) is 4.98 Å². The Balaban J connectivity index is 1.28. The van der Waals surface area contributed by atoms with Gasteiger partial charge in [0.1, 0.15) is 5.82 Å². The highest BCUT2D eigenvalue weighted by molar-refractivity contribution is 7.08. The predicted octanol–water partition coefficient (Wildman–Crippen LogP) is 2.06. The minimum absolute atomic E-state index is 0.0128. The molecule has 0 aliphatic carbocycles. The Kier molecular flexibility index (Phi) is 4.12. The molecular formula is C16H17N5O2S. The Morgan fingerprint density at radius 2 is 2.46 bits per heavy atom. The molecule has 1 aliphatic rings. The van der Waals surface area contributed by atoms with E-state index in [0.717, 1.165) is 30.8 Å². The quantitative estimate of drug-likeness (QED) is 0.766. The van der Waals surface area contributed by atoms with Crippen LogP contribution in [-0.4, -0.2) is 31.6 Å². The fourth-order valence-corrected chi connectivity index (χ4v) is 3.50. The standard InChI is InChI=1S/C16H17N5O2S/c22-14(18-12-1-2-13-17-6-7-21(13)9-12)3-4-15-19-16(20-23-15)11-5-8-24-10-11/h5-8,10,12H,1-4,9H2,(H,18,22). The first kappa shape index (κ1) is 15.1. The number of fused-ring (bicyclic) bond motifs is 1. The van der Waals surface area contributed by atoms with Crippen LogP contribution in [0.25, 0.3) is 11.4 Å². The average molecular weight is 343 g/mol. The van der Waals surface area contributed by atoms with E-state index in [9.17, 15) is 4.79 Å². The molecule has 0 bridgehead atoms. The smallest absolute Gasteiger partial charge is 0.227 e. The van der Waals surface area contributed by atoms with Crippen molar-refractivity contribution < 1.29 is 9.32 Å². The van der Waals surface area contributed by atoms with Gasteiger partial charge in [-0.15, -0.1) is 0 Å². The summed E-state index contributed by atoms with van der Waals surface area (Å²) in [7, 11) is 0. The van der Waals surface area contributed by atoms with E-state index in [2.05, 4.69) is 25.0 Å². The lowest BCUT2D eigenvalue weighted by Gasteiger charge is -2.24. The highest BCUT2D eigenvalue weighted by Gasteiger charge is 2.20. The van der Waals surface area contributed by atoms with Crippen LogP contribution in [0.15, 0.2) is 33.7 Å². The predicted molar refractivity (Wildman–Crippen MR) is 88.4 cm³/mol. The molecule has 1 atom stereocenters. The number of nitrogens with one attached hydrogen (secondary N) is 1. The Labute approximate surface area is 142 Å². The van der Waals surface area contributed by atoms with Gasteiger partial charge in [-0.3, -0.25) is 4.79 Å². The van der Waals surface area contributed by atoms with Crippen LogP contribution in [-0.2, 0) is 24.2 Å². The summed E-state index contributed by atoms with van der Waals surface area (Å²) in [4.78, 5) is 20.8. The van der Waals surface area contributed by atoms with Gasteiger partial charge in [-0.2, -0.15) is 16.3 Å². The second kappa shape index (κ2) is 6.56. The SMILES string of the molecule is O=C(CCc1nc(-c2ccsc2)no1)NC1CCc2nccn2C1. The zero-order valence-corrected chi connectivity index (χ0v) is 13.8. The summed E-state index contributed by atoms with van der Waals surface area (Å²) in [6.45, 7) is 0.782. The Morgan fingerprint density at radius 1 is 1.50 bits per heavy atom. The molecule has 0 radical (unpaired) electrons. The van der Waals surface area contributed by atoms with Gasteiger partial charge in [0.25, 0.3) is 0 Å². The first-order valence-corrected chi connectivity index (χ1v) is 8.87. The van der Waals surface area contributed by atoms with Gasteiger partial charge in [-0.05, 0) is 17.9 Å². The molecule has 4 rings (SSSR count). The molecule has 1 unspecified atom stereocenters. The van der Waals surface area contributed by atoms with Crippen LogP contribution in [0.2, 0.25) is 0 Å². The van der Waals surface area contributed by atoms with Gasteiger partial charge in [0.2, 0.25) is 17.6 Å². The molecule has 0 fully saturated rings. The number of carbonyl (C=O) groups is 1. The number of hydrogen-bond acceptors (Lipinski definition) is 6. The second-order valence-electron chi connectivity index (χ2n) is 5.82. The summed E-state index contributed by atoms with van der Waals surface area (Å²) < 4.78 is 7.31. The van der Waals surface area contributed by atoms with Crippen LogP contribution in [0.5, 0.6) is 0 Å². The van der Waals surface area contributed by atoms with E-state index in [1.54, 1.807) is 17.5 Å². The topological polar surface area (TPSA) is 85.8 Å². The molecular weight excluding hydrogens is 326 g/mol. The van der Waals surface area contributed by atoms with Gasteiger partial charge in [0.05, 0.1) is 0 Å². The molecule has 24 heavy (non-hydrogen) atoms. The van der Waals surface area contributed by atoms with Crippen molar-refractivity contribution in [3.63, 3.8) is 0 Å². The van der Waals surface area contributed by atoms with Crippen molar-refractivity contribution in [2.75, 3.05) is 0 Å². The fraction of sp³-hybridized carbons (Fsp3) is 0.375. The van der Waals surface area contributed by atoms with Crippen LogP contribution in [0.3, 0.4) is 0 Å². The molecule has 4 heterocycles. The van der Waals surface area contributed by atoms with Crippen LogP contribution in [0.1, 0.15) is 24.6 Å². The van der Waals surface area contributed by atoms with Crippen molar-refractivity contribution in [3.8, 4) is 11.4 Å². The van der Waals surface area contributed by atoms with Crippen LogP contribution < -0.4 is 5.32 Å². The molecule has 3 aromatic rings. The average Bonchev–Trinajstić information content (AvgIpc) is 3.32. The molecule has 7 nitrogen and oxygen atoms in total. The van der Waals surface area contributed by atoms with E-state index < -0.39 is 0 Å². The Morgan fingerprint density at radius 3 is 3.33 bits per heavy atom. The van der Waals surface area contributed by atoms with E-state index in [4.69, 9.17) is 4.52 Å². The van der Waals surface area contributed by atoms with Crippen LogP contribution in [0.4, 0.5) is 0 Å². The maximum absolute atomic E-state index is 12.1. The van der Waals surface area contributed by atoms with Crippen molar-refractivity contribution in [2.45, 2.75) is 38.3 Å². The molecule has 124 valence electrons. The number of nitrogens with zero attached hydrogens (tertiary/aromatic N) is 4. The number of amides is 1. The fourth-order valence-electron chi connectivity index (χ4n) is 2.87. The lowest BCUT2D eigenvalue weighted by molar-refractivity contribution is -0.122. The van der Waals surface area contributed by atoms with Crippen LogP contribution >= 0.6 is 11.3 Å². The normalized spacial score (nSPS) is 16.8. The highest BCUT2D eigenvalue weighted by Crippen LogP contribution is 2.19. The lowest BCUT2D eigenvalue weighted by Crippen LogP contribution is -2.41. The zero-order chi connectivity index (χ0) is 16.4. The van der Waals surface area contributed by atoms with Gasteiger partial charge in [0, 0.05) is 55.2 Å². The van der Waals surface area contributed by atoms with E-state index in [1.165, 1.54) is 0 Å². The molecule has 8 heteroatoms. The maximum atomic E-state index is 12.1. The number of rotatable bonds is 5. The van der Waals surface area contributed by atoms with Crippen molar-refractivity contribution >= 4 is 17.2 Å². The number of thiophene rings is 1. The number of hydrogen-bond donors (Lipinski definition) is 1. The Bertz CT molecular complexity index is 823. The van der Waals surface area contributed by atoms with E-state index in [0.29, 0.717) is 24.6 Å². The third-order valence-electron chi connectivity index (χ3n) is 4.11. The van der Waals surface area contributed by atoms with Gasteiger partial charge < -0.3 is 14.4 Å². The Hall–Kier alpha value is -2.48. The maximum Gasteiger partial charge on any atom is 0.227 e. The van der Waals surface area contributed by atoms with E-state index in [-0.39, 0.29) is 11.9 Å². The third-order valence-corrected chi connectivity index (χ3v) is 4.80. The van der Waals surface area contributed by atoms with E-state index >= 15 is 0 Å². The van der Waals surface area contributed by atoms with Gasteiger partial charge in [0.15, 0.2) is 0 Å². The molecule has 0 saturated carbocycles. The molecule has 0 spiro atoms. The highest BCUT2D eigenvalue weighted by atomic mass is 32.1. The van der Waals surface area contributed by atoms with Crippen molar-refractivity contribution in [1.29, 1.82) is 0 Å². The largest absolute Gasteiger partial charge is 0.352 e. The first-order valence-electron chi connectivity index (χ1n) is 7.92. The minimum Gasteiger partial charge on any atom is -0.352 e. The number of aryl methyl sites for hydroxylation is 2. The van der Waals surface area contributed by atoms with Gasteiger partial charge in [-0.1, -0.05) is 5.16 Å². The minimum atomic E-state index is 0.0128. The summed E-state index contributed by atoms with van der Waals surface area (Å²) in [6, 6.07) is 2.10. The summed E-state index contributed by atoms with van der Waals surface area (Å²) in [6.07, 6.45) is 6.38. The molecule has 0 aromatic carbocycles. The zero-order valence-electron chi connectivity index (χ0n) is 13.0. The number of imidazole rings is 1. The van der Waals surface area contributed by atoms with Crippen LogP contribution in [0, 0.1) is 0 Å². The number of aromatic nitrogens is 4. The van der Waals surface area contributed by atoms with E-state index in [1.807, 2.05) is 23.0 Å². The second-order valence-corrected chi connectivity index (χ2v) is 6.60. The summed E-state index contributed by atoms with van der Waals surface area (Å²) >= 11 is 1.58. The molecule has 1 aliphatic heterocycles. The molecule has 1 N–H and O–H groups in total. The summed E-state index contributed by atoms with van der Waals surface area (Å²) in [5.74, 6) is 2.17. The van der Waals surface area contributed by atoms with Crippen molar-refractivity contribution in [2.24, 2.45) is 0 Å². The molecule has 1 amide bonds. The van der Waals surface area contributed by atoms with Crippen molar-refractivity contribution in [3.05, 3.63) is 40.9 Å². The number of carbonyl (C=O) groups excluding carboxylic acids is 1. The summed E-state index contributed by atoms with van der Waals surface area (Å²) in [5, 5.41) is 11.0. The summed E-state index contributed by atoms with van der Waals surface area (Å²) in [5.41, 5.74) is 0.942. The first-order chi connectivity index (χ1) is 11.8. The van der Waals surface area contributed by atoms with Gasteiger partial charge >= 0.3 is 0 Å². The third kappa shape index (κ3) is 3.23.